The second kappa shape index (κ2) is 3.25. The summed E-state index contributed by atoms with van der Waals surface area (Å²) < 4.78 is 1.70. The zero-order valence-corrected chi connectivity index (χ0v) is 7.49. The normalized spacial score (nSPS) is 12.0. The Morgan fingerprint density at radius 2 is 2.33 bits per heavy atom. The maximum atomic E-state index is 9.46. The molecule has 68 valence electrons. The van der Waals surface area contributed by atoms with E-state index < -0.39 is 5.60 Å². The molecule has 0 bridgehead atoms. The van der Waals surface area contributed by atoms with Crippen molar-refractivity contribution in [1.82, 2.24) is 9.78 Å². The maximum absolute atomic E-state index is 9.46. The van der Waals surface area contributed by atoms with Crippen LogP contribution >= 0.6 is 0 Å². The van der Waals surface area contributed by atoms with Gasteiger partial charge in [-0.25, -0.2) is 0 Å². The molecule has 0 aromatic carbocycles. The van der Waals surface area contributed by atoms with Gasteiger partial charge in [0, 0.05) is 18.3 Å². The number of rotatable bonds is 3. The Kier molecular flexibility index (Phi) is 2.49. The van der Waals surface area contributed by atoms with Crippen molar-refractivity contribution < 1.29 is 5.11 Å². The number of aliphatic hydroxyl groups is 1. The molecule has 4 heteroatoms. The average Bonchev–Trinajstić information content (AvgIpc) is 2.32. The van der Waals surface area contributed by atoms with E-state index in [0.717, 1.165) is 5.56 Å². The third-order valence-electron chi connectivity index (χ3n) is 1.47. The molecule has 0 fully saturated rings. The summed E-state index contributed by atoms with van der Waals surface area (Å²) in [5, 5.41) is 13.5. The van der Waals surface area contributed by atoms with Crippen LogP contribution < -0.4 is 5.73 Å². The van der Waals surface area contributed by atoms with Gasteiger partial charge >= 0.3 is 0 Å². The molecule has 0 atom stereocenters. The highest BCUT2D eigenvalue weighted by atomic mass is 16.3. The first-order chi connectivity index (χ1) is 5.51. The lowest BCUT2D eigenvalue weighted by Crippen LogP contribution is -2.26. The minimum absolute atomic E-state index is 0.492. The molecule has 0 radical (unpaired) electrons. The van der Waals surface area contributed by atoms with Crippen molar-refractivity contribution in [3.8, 4) is 0 Å². The minimum Gasteiger partial charge on any atom is -0.389 e. The minimum atomic E-state index is -0.724. The number of aromatic nitrogens is 2. The number of nitrogens with zero attached hydrogens (tertiary/aromatic N) is 2. The predicted molar refractivity (Wildman–Crippen MR) is 46.4 cm³/mol. The van der Waals surface area contributed by atoms with Crippen LogP contribution in [0.2, 0.25) is 0 Å². The van der Waals surface area contributed by atoms with Crippen LogP contribution in [-0.2, 0) is 13.1 Å². The lowest BCUT2D eigenvalue weighted by molar-refractivity contribution is 0.0577. The Hall–Kier alpha value is -0.870. The average molecular weight is 169 g/mol. The molecule has 0 unspecified atom stereocenters. The van der Waals surface area contributed by atoms with Crippen LogP contribution in [0.3, 0.4) is 0 Å². The van der Waals surface area contributed by atoms with Crippen LogP contribution in [0.4, 0.5) is 0 Å². The van der Waals surface area contributed by atoms with Crippen molar-refractivity contribution in [2.45, 2.75) is 32.5 Å². The van der Waals surface area contributed by atoms with Crippen LogP contribution in [0.15, 0.2) is 12.4 Å². The molecule has 0 aliphatic rings. The molecule has 12 heavy (non-hydrogen) atoms. The van der Waals surface area contributed by atoms with Crippen LogP contribution in [-0.4, -0.2) is 20.5 Å². The highest BCUT2D eigenvalue weighted by molar-refractivity contribution is 5.02. The SMILES string of the molecule is CC(C)(O)Cn1cc(CN)cn1. The lowest BCUT2D eigenvalue weighted by atomic mass is 10.1. The summed E-state index contributed by atoms with van der Waals surface area (Å²) in [6, 6.07) is 0. The Balaban J connectivity index is 2.64. The molecule has 1 heterocycles. The Morgan fingerprint density at radius 3 is 2.75 bits per heavy atom. The van der Waals surface area contributed by atoms with Gasteiger partial charge in [-0.2, -0.15) is 5.10 Å². The molecule has 3 N–H and O–H groups in total. The Morgan fingerprint density at radius 1 is 1.67 bits per heavy atom. The summed E-state index contributed by atoms with van der Waals surface area (Å²) in [6.07, 6.45) is 3.56. The molecule has 1 rings (SSSR count). The molecular formula is C8H15N3O. The summed E-state index contributed by atoms with van der Waals surface area (Å²) in [6.45, 7) is 4.48. The van der Waals surface area contributed by atoms with E-state index in [4.69, 9.17) is 5.73 Å². The van der Waals surface area contributed by atoms with Gasteiger partial charge in [0.15, 0.2) is 0 Å². The second-order valence-electron chi connectivity index (χ2n) is 3.56. The van der Waals surface area contributed by atoms with E-state index >= 15 is 0 Å². The van der Waals surface area contributed by atoms with Gasteiger partial charge in [0.25, 0.3) is 0 Å². The highest BCUT2D eigenvalue weighted by Crippen LogP contribution is 2.05. The smallest absolute Gasteiger partial charge is 0.0786 e. The summed E-state index contributed by atoms with van der Waals surface area (Å²) >= 11 is 0. The van der Waals surface area contributed by atoms with E-state index in [2.05, 4.69) is 5.10 Å². The van der Waals surface area contributed by atoms with Crippen molar-refractivity contribution in [2.75, 3.05) is 0 Å². The second-order valence-corrected chi connectivity index (χ2v) is 3.56. The number of hydrogen-bond acceptors (Lipinski definition) is 3. The molecule has 0 saturated heterocycles. The van der Waals surface area contributed by atoms with Gasteiger partial charge in [0.05, 0.1) is 18.3 Å². The summed E-state index contributed by atoms with van der Waals surface area (Å²) in [5.41, 5.74) is 5.67. The fourth-order valence-corrected chi connectivity index (χ4v) is 0.995. The summed E-state index contributed by atoms with van der Waals surface area (Å²) in [5.74, 6) is 0. The van der Waals surface area contributed by atoms with Crippen molar-refractivity contribution in [3.05, 3.63) is 18.0 Å². The number of nitrogens with two attached hydrogens (primary N) is 1. The van der Waals surface area contributed by atoms with Gasteiger partial charge in [-0.1, -0.05) is 0 Å². The first-order valence-electron chi connectivity index (χ1n) is 3.95. The quantitative estimate of drug-likeness (QED) is 0.675. The van der Waals surface area contributed by atoms with E-state index in [-0.39, 0.29) is 0 Å². The third-order valence-corrected chi connectivity index (χ3v) is 1.47. The van der Waals surface area contributed by atoms with Gasteiger partial charge in [0.1, 0.15) is 0 Å². The van der Waals surface area contributed by atoms with Crippen LogP contribution in [0.1, 0.15) is 19.4 Å². The number of hydrogen-bond donors (Lipinski definition) is 2. The first kappa shape index (κ1) is 9.22. The van der Waals surface area contributed by atoms with E-state index in [1.165, 1.54) is 0 Å². The van der Waals surface area contributed by atoms with Crippen LogP contribution in [0, 0.1) is 0 Å². The van der Waals surface area contributed by atoms with E-state index in [0.29, 0.717) is 13.1 Å². The summed E-state index contributed by atoms with van der Waals surface area (Å²) in [4.78, 5) is 0. The lowest BCUT2D eigenvalue weighted by Gasteiger charge is -2.16. The zero-order valence-electron chi connectivity index (χ0n) is 7.49. The van der Waals surface area contributed by atoms with Crippen molar-refractivity contribution in [3.63, 3.8) is 0 Å². The molecule has 4 nitrogen and oxygen atoms in total. The Labute approximate surface area is 72.0 Å². The topological polar surface area (TPSA) is 64.1 Å². The first-order valence-corrected chi connectivity index (χ1v) is 3.95. The molecule has 0 aliphatic carbocycles. The molecule has 1 aromatic heterocycles. The fourth-order valence-electron chi connectivity index (χ4n) is 0.995. The standard InChI is InChI=1S/C8H15N3O/c1-8(2,12)6-11-5-7(3-9)4-10-11/h4-5,12H,3,6,9H2,1-2H3. The van der Waals surface area contributed by atoms with E-state index in [9.17, 15) is 5.11 Å². The van der Waals surface area contributed by atoms with Gasteiger partial charge in [-0.15, -0.1) is 0 Å². The van der Waals surface area contributed by atoms with Gasteiger partial charge in [0.2, 0.25) is 0 Å². The van der Waals surface area contributed by atoms with Crippen LogP contribution in [0.5, 0.6) is 0 Å². The summed E-state index contributed by atoms with van der Waals surface area (Å²) in [7, 11) is 0. The molecule has 0 amide bonds. The van der Waals surface area contributed by atoms with Crippen molar-refractivity contribution >= 4 is 0 Å². The van der Waals surface area contributed by atoms with Crippen molar-refractivity contribution in [1.29, 1.82) is 0 Å². The van der Waals surface area contributed by atoms with Crippen molar-refractivity contribution in [2.24, 2.45) is 5.73 Å². The van der Waals surface area contributed by atoms with Gasteiger partial charge in [-0.05, 0) is 13.8 Å². The highest BCUT2D eigenvalue weighted by Gasteiger charge is 2.13. The fraction of sp³-hybridized carbons (Fsp3) is 0.625. The largest absolute Gasteiger partial charge is 0.389 e. The van der Waals surface area contributed by atoms with Gasteiger partial charge in [-0.3, -0.25) is 4.68 Å². The van der Waals surface area contributed by atoms with Crippen LogP contribution in [0.25, 0.3) is 0 Å². The zero-order chi connectivity index (χ0) is 9.19. The predicted octanol–water partition coefficient (Wildman–Crippen LogP) is 0.113. The van der Waals surface area contributed by atoms with E-state index in [1.807, 2.05) is 6.20 Å². The molecule has 1 aromatic rings. The Bertz CT molecular complexity index is 249. The van der Waals surface area contributed by atoms with Gasteiger partial charge < -0.3 is 10.8 Å². The molecule has 0 saturated carbocycles. The molecule has 0 aliphatic heterocycles. The molecule has 0 spiro atoms. The third kappa shape index (κ3) is 2.64. The van der Waals surface area contributed by atoms with E-state index in [1.54, 1.807) is 24.7 Å². The molecular weight excluding hydrogens is 154 g/mol. The maximum Gasteiger partial charge on any atom is 0.0786 e. The monoisotopic (exact) mass is 169 g/mol.